The van der Waals surface area contributed by atoms with Crippen LogP contribution in [0.2, 0.25) is 0 Å². The summed E-state index contributed by atoms with van der Waals surface area (Å²) in [6.07, 6.45) is -2.10. The third-order valence-electron chi connectivity index (χ3n) is 4.73. The summed E-state index contributed by atoms with van der Waals surface area (Å²) in [6, 6.07) is 1.55. The van der Waals surface area contributed by atoms with Gasteiger partial charge in [-0.15, -0.1) is 0 Å². The van der Waals surface area contributed by atoms with Crippen LogP contribution < -0.4 is 5.35 Å². The average molecular weight is 357 g/mol. The summed E-state index contributed by atoms with van der Waals surface area (Å²) in [6.45, 7) is 12.2. The molecule has 0 radical (unpaired) electrons. The number of aromatic amines is 1. The van der Waals surface area contributed by atoms with Crippen molar-refractivity contribution in [2.45, 2.75) is 31.0 Å². The lowest BCUT2D eigenvalue weighted by Crippen LogP contribution is -2.44. The van der Waals surface area contributed by atoms with E-state index in [1.165, 1.54) is 11.5 Å². The fourth-order valence-corrected chi connectivity index (χ4v) is 3.42. The highest BCUT2D eigenvalue weighted by Crippen LogP contribution is 2.41. The van der Waals surface area contributed by atoms with E-state index in [1.807, 2.05) is 0 Å². The van der Waals surface area contributed by atoms with Crippen molar-refractivity contribution in [1.29, 1.82) is 0 Å². The van der Waals surface area contributed by atoms with Crippen molar-refractivity contribution in [3.05, 3.63) is 35.3 Å². The molecule has 0 aromatic carbocycles. The van der Waals surface area contributed by atoms with Crippen molar-refractivity contribution in [2.24, 2.45) is 0 Å². The SMILES string of the molecule is [3H]c1nc2[nH]c(=C)cc([N+]#[C-])c3cn([C@@H]4O[C@H](CO)[C@@H](O)[C@@]4(C)O)c(n1)c23. The highest BCUT2D eigenvalue weighted by Gasteiger charge is 2.53. The summed E-state index contributed by atoms with van der Waals surface area (Å²) >= 11 is 0. The zero-order chi connectivity index (χ0) is 19.5. The van der Waals surface area contributed by atoms with E-state index in [0.717, 1.165) is 0 Å². The van der Waals surface area contributed by atoms with Crippen LogP contribution in [0, 0.1) is 6.57 Å². The maximum Gasteiger partial charge on any atom is 0.198 e. The highest BCUT2D eigenvalue weighted by molar-refractivity contribution is 6.09. The van der Waals surface area contributed by atoms with Crippen LogP contribution in [0.25, 0.3) is 33.5 Å². The van der Waals surface area contributed by atoms with Gasteiger partial charge in [-0.05, 0) is 13.0 Å². The van der Waals surface area contributed by atoms with Crippen LogP contribution in [-0.2, 0) is 4.74 Å². The van der Waals surface area contributed by atoms with E-state index < -0.39 is 30.6 Å². The molecule has 3 aromatic rings. The molecule has 0 aliphatic carbocycles. The Labute approximate surface area is 149 Å². The normalized spacial score (nSPS) is 29.2. The second kappa shape index (κ2) is 5.62. The standard InChI is InChI=1S/C17H17N5O4/c1-8-4-10(18-3)9-5-22(15-12(9)14(21-8)19-7-20-15)16-17(2,25)13(24)11(6-23)26-16/h4-5,7,11,13,16,23-25H,1,6H2,2H3,(H,19,20,21)/t11-,13-,16-,17-/m1/s1/i7T. The monoisotopic (exact) mass is 357 g/mol. The van der Waals surface area contributed by atoms with Gasteiger partial charge in [-0.2, -0.15) is 0 Å². The van der Waals surface area contributed by atoms with Crippen LogP contribution in [0.15, 0.2) is 18.6 Å². The predicted molar refractivity (Wildman–Crippen MR) is 92.8 cm³/mol. The Morgan fingerprint density at radius 3 is 3.00 bits per heavy atom. The lowest BCUT2D eigenvalue weighted by molar-refractivity contribution is -0.0947. The van der Waals surface area contributed by atoms with Gasteiger partial charge in [0.25, 0.3) is 0 Å². The minimum absolute atomic E-state index is 0.257. The molecule has 0 spiro atoms. The molecule has 0 amide bonds. The number of H-pyrrole nitrogens is 1. The fourth-order valence-electron chi connectivity index (χ4n) is 3.42. The number of hydrogen-bond donors (Lipinski definition) is 4. The minimum Gasteiger partial charge on any atom is -0.394 e. The summed E-state index contributed by atoms with van der Waals surface area (Å²) in [5.74, 6) is 0. The Kier molecular flexibility index (Phi) is 3.35. The Balaban J connectivity index is 2.09. The molecule has 1 fully saturated rings. The molecule has 4 heterocycles. The number of hydrogen-bond acceptors (Lipinski definition) is 6. The van der Waals surface area contributed by atoms with Crippen molar-refractivity contribution < 1.29 is 21.4 Å². The number of rotatable bonds is 2. The van der Waals surface area contributed by atoms with Gasteiger partial charge in [0.2, 0.25) is 0 Å². The fraction of sp³-hybridized carbons (Fsp3) is 0.353. The average Bonchev–Trinajstić information content (AvgIpc) is 3.03. The van der Waals surface area contributed by atoms with E-state index in [0.29, 0.717) is 21.8 Å². The number of nitrogens with zero attached hydrogens (tertiary/aromatic N) is 4. The van der Waals surface area contributed by atoms with Gasteiger partial charge in [0, 0.05) is 16.9 Å². The number of ether oxygens (including phenoxy) is 1. The molecule has 0 unspecified atom stereocenters. The van der Waals surface area contributed by atoms with Gasteiger partial charge in [-0.25, -0.2) is 14.8 Å². The summed E-state index contributed by atoms with van der Waals surface area (Å²) in [4.78, 5) is 14.7. The van der Waals surface area contributed by atoms with Crippen LogP contribution in [0.5, 0.6) is 0 Å². The molecule has 1 saturated heterocycles. The van der Waals surface area contributed by atoms with Crippen LogP contribution in [0.3, 0.4) is 0 Å². The number of aromatic nitrogens is 4. The number of aliphatic hydroxyl groups is 3. The molecule has 9 nitrogen and oxygen atoms in total. The largest absolute Gasteiger partial charge is 0.394 e. The maximum absolute atomic E-state index is 10.8. The molecule has 1 aliphatic heterocycles. The summed E-state index contributed by atoms with van der Waals surface area (Å²) < 4.78 is 15.0. The molecule has 3 aromatic heterocycles. The van der Waals surface area contributed by atoms with Gasteiger partial charge < -0.3 is 29.6 Å². The van der Waals surface area contributed by atoms with Crippen LogP contribution in [-0.4, -0.2) is 59.3 Å². The second-order valence-electron chi connectivity index (χ2n) is 6.49. The van der Waals surface area contributed by atoms with Crippen molar-refractivity contribution >= 4 is 34.3 Å². The van der Waals surface area contributed by atoms with Gasteiger partial charge in [-0.1, -0.05) is 6.58 Å². The molecular weight excluding hydrogens is 338 g/mol. The Bertz CT molecular complexity index is 1160. The van der Waals surface area contributed by atoms with Crippen LogP contribution >= 0.6 is 0 Å². The molecule has 134 valence electrons. The lowest BCUT2D eigenvalue weighted by atomic mass is 9.96. The quantitative estimate of drug-likeness (QED) is 0.485. The topological polar surface area (TPSA) is 121 Å². The van der Waals surface area contributed by atoms with Gasteiger partial charge in [0.15, 0.2) is 11.9 Å². The van der Waals surface area contributed by atoms with Gasteiger partial charge in [0.05, 0.1) is 18.6 Å². The van der Waals surface area contributed by atoms with Crippen molar-refractivity contribution in [1.82, 2.24) is 19.5 Å². The van der Waals surface area contributed by atoms with Crippen molar-refractivity contribution in [3.8, 4) is 0 Å². The van der Waals surface area contributed by atoms with Gasteiger partial charge in [-0.3, -0.25) is 0 Å². The van der Waals surface area contributed by atoms with E-state index in [-0.39, 0.29) is 17.6 Å². The number of nitrogens with one attached hydrogen (secondary N) is 1. The van der Waals surface area contributed by atoms with Gasteiger partial charge in [0.1, 0.15) is 36.8 Å². The molecule has 26 heavy (non-hydrogen) atoms. The summed E-state index contributed by atoms with van der Waals surface area (Å²) in [7, 11) is 0. The molecule has 0 saturated carbocycles. The molecular formula is C17H17N5O4. The van der Waals surface area contributed by atoms with Crippen LogP contribution in [0.1, 0.15) is 14.5 Å². The summed E-state index contributed by atoms with van der Waals surface area (Å²) in [5, 5.41) is 31.9. The highest BCUT2D eigenvalue weighted by atomic mass is 16.6. The predicted octanol–water partition coefficient (Wildman–Crippen LogP) is 0.156. The van der Waals surface area contributed by atoms with E-state index in [9.17, 15) is 15.3 Å². The van der Waals surface area contributed by atoms with Gasteiger partial charge >= 0.3 is 0 Å². The second-order valence-corrected chi connectivity index (χ2v) is 6.49. The third-order valence-corrected chi connectivity index (χ3v) is 4.73. The maximum atomic E-state index is 10.8. The summed E-state index contributed by atoms with van der Waals surface area (Å²) in [5.41, 5.74) is -0.871. The molecule has 4 N–H and O–H groups in total. The third kappa shape index (κ3) is 2.17. The zero-order valence-corrected chi connectivity index (χ0v) is 13.8. The number of aliphatic hydroxyl groups excluding tert-OH is 2. The first kappa shape index (κ1) is 15.5. The molecule has 4 rings (SSSR count). The van der Waals surface area contributed by atoms with Crippen LogP contribution in [0.4, 0.5) is 5.69 Å². The Morgan fingerprint density at radius 2 is 2.35 bits per heavy atom. The Hall–Kier alpha value is -2.77. The molecule has 4 atom stereocenters. The van der Waals surface area contributed by atoms with E-state index in [4.69, 9.17) is 12.7 Å². The smallest absolute Gasteiger partial charge is 0.198 e. The molecule has 9 heteroatoms. The van der Waals surface area contributed by atoms with Crippen molar-refractivity contribution in [3.63, 3.8) is 0 Å². The first-order valence-corrected chi connectivity index (χ1v) is 7.89. The molecule has 0 bridgehead atoms. The first-order chi connectivity index (χ1) is 12.8. The minimum atomic E-state index is -1.73. The lowest BCUT2D eigenvalue weighted by Gasteiger charge is -2.27. The zero-order valence-electron chi connectivity index (χ0n) is 14.8. The van der Waals surface area contributed by atoms with E-state index in [1.54, 1.807) is 12.3 Å². The van der Waals surface area contributed by atoms with E-state index >= 15 is 0 Å². The Morgan fingerprint density at radius 1 is 1.58 bits per heavy atom. The molecule has 1 aliphatic rings. The first-order valence-electron chi connectivity index (χ1n) is 8.39. The van der Waals surface area contributed by atoms with E-state index in [2.05, 4.69) is 26.4 Å². The van der Waals surface area contributed by atoms with Crippen molar-refractivity contribution in [2.75, 3.05) is 6.61 Å².